The number of hydrogen-bond donors (Lipinski definition) is 2. The lowest BCUT2D eigenvalue weighted by atomic mass is 9.89. The summed E-state index contributed by atoms with van der Waals surface area (Å²) in [5.74, 6) is 0.917. The smallest absolute Gasteiger partial charge is 0.171 e. The second-order valence-corrected chi connectivity index (χ2v) is 8.04. The summed E-state index contributed by atoms with van der Waals surface area (Å²) in [4.78, 5) is 0. The largest absolute Gasteiger partial charge is 0.487 e. The molecule has 5 heteroatoms. The second-order valence-electron chi connectivity index (χ2n) is 7.22. The summed E-state index contributed by atoms with van der Waals surface area (Å²) in [7, 11) is 0. The molecule has 1 aliphatic rings. The van der Waals surface area contributed by atoms with Crippen molar-refractivity contribution in [2.75, 3.05) is 5.32 Å². The molecule has 0 saturated heterocycles. The van der Waals surface area contributed by atoms with Crippen LogP contribution in [0.1, 0.15) is 43.0 Å². The zero-order chi connectivity index (χ0) is 18.2. The molecule has 3 rings (SSSR count). The number of benzene rings is 2. The average Bonchev–Trinajstić information content (AvgIpc) is 2.51. The van der Waals surface area contributed by atoms with Gasteiger partial charge in [-0.05, 0) is 63.7 Å². The van der Waals surface area contributed by atoms with Crippen molar-refractivity contribution in [1.29, 1.82) is 0 Å². The molecule has 1 atom stereocenters. The van der Waals surface area contributed by atoms with E-state index in [4.69, 9.17) is 28.6 Å². The Balaban J connectivity index is 1.78. The minimum absolute atomic E-state index is 0.0968. The normalized spacial score (nSPS) is 18.0. The van der Waals surface area contributed by atoms with Crippen LogP contribution >= 0.6 is 23.8 Å². The Labute approximate surface area is 159 Å². The first-order valence-electron chi connectivity index (χ1n) is 8.37. The number of nitrogens with one attached hydrogen (secondary N) is 2. The van der Waals surface area contributed by atoms with Gasteiger partial charge < -0.3 is 15.4 Å². The second kappa shape index (κ2) is 6.85. The van der Waals surface area contributed by atoms with Crippen LogP contribution in [-0.2, 0) is 0 Å². The van der Waals surface area contributed by atoms with Crippen LogP contribution in [0.5, 0.6) is 5.75 Å². The summed E-state index contributed by atoms with van der Waals surface area (Å²) < 4.78 is 6.11. The topological polar surface area (TPSA) is 33.3 Å². The number of rotatable bonds is 2. The van der Waals surface area contributed by atoms with Crippen molar-refractivity contribution in [3.05, 3.63) is 58.1 Å². The molecular weight excluding hydrogens is 352 g/mol. The Kier molecular flexibility index (Phi) is 4.94. The van der Waals surface area contributed by atoms with Crippen LogP contribution < -0.4 is 15.4 Å². The molecule has 0 bridgehead atoms. The minimum Gasteiger partial charge on any atom is -0.487 e. The molecule has 2 aromatic rings. The van der Waals surface area contributed by atoms with Crippen LogP contribution in [0.2, 0.25) is 5.02 Å². The Morgan fingerprint density at radius 3 is 2.68 bits per heavy atom. The highest BCUT2D eigenvalue weighted by atomic mass is 35.5. The number of hydrogen-bond acceptors (Lipinski definition) is 2. The number of anilines is 1. The first-order valence-corrected chi connectivity index (χ1v) is 9.15. The van der Waals surface area contributed by atoms with Crippen LogP contribution in [0, 0.1) is 13.8 Å². The van der Waals surface area contributed by atoms with Crippen LogP contribution in [0.15, 0.2) is 36.4 Å². The lowest BCUT2D eigenvalue weighted by molar-refractivity contribution is 0.0696. The molecule has 0 radical (unpaired) electrons. The van der Waals surface area contributed by atoms with E-state index in [1.165, 1.54) is 5.56 Å². The summed E-state index contributed by atoms with van der Waals surface area (Å²) in [6, 6.07) is 12.2. The number of ether oxygens (including phenoxy) is 1. The van der Waals surface area contributed by atoms with Crippen LogP contribution in [0.4, 0.5) is 5.69 Å². The first-order chi connectivity index (χ1) is 11.7. The van der Waals surface area contributed by atoms with Gasteiger partial charge in [0.25, 0.3) is 0 Å². The van der Waals surface area contributed by atoms with E-state index >= 15 is 0 Å². The third-order valence-corrected chi connectivity index (χ3v) is 4.98. The maximum Gasteiger partial charge on any atom is 0.171 e. The van der Waals surface area contributed by atoms with Gasteiger partial charge in [-0.2, -0.15) is 0 Å². The molecule has 2 N–H and O–H groups in total. The number of fused-ring (bicyclic) bond motifs is 1. The van der Waals surface area contributed by atoms with Crippen molar-refractivity contribution in [2.45, 2.75) is 45.8 Å². The predicted octanol–water partition coefficient (Wildman–Crippen LogP) is 5.55. The molecule has 1 heterocycles. The molecule has 0 aromatic heterocycles. The van der Waals surface area contributed by atoms with E-state index in [-0.39, 0.29) is 11.6 Å². The highest BCUT2D eigenvalue weighted by molar-refractivity contribution is 7.80. The van der Waals surface area contributed by atoms with Gasteiger partial charge >= 0.3 is 0 Å². The molecule has 1 aliphatic heterocycles. The SMILES string of the molecule is Cc1ccc2c(c1)[C@H](NC(=S)Nc1ccc(C)c(Cl)c1)CC(C)(C)O2. The monoisotopic (exact) mass is 374 g/mol. The van der Waals surface area contributed by atoms with Crippen LogP contribution in [0.25, 0.3) is 0 Å². The maximum absolute atomic E-state index is 6.19. The molecule has 3 nitrogen and oxygen atoms in total. The number of aryl methyl sites for hydroxylation is 2. The van der Waals surface area contributed by atoms with Gasteiger partial charge in [-0.3, -0.25) is 0 Å². The molecule has 2 aromatic carbocycles. The van der Waals surface area contributed by atoms with Crippen LogP contribution in [-0.4, -0.2) is 10.7 Å². The molecule has 0 fully saturated rings. The lowest BCUT2D eigenvalue weighted by Gasteiger charge is -2.38. The fourth-order valence-corrected chi connectivity index (χ4v) is 3.54. The fourth-order valence-electron chi connectivity index (χ4n) is 3.10. The average molecular weight is 375 g/mol. The Hall–Kier alpha value is -1.78. The highest BCUT2D eigenvalue weighted by Gasteiger charge is 2.34. The summed E-state index contributed by atoms with van der Waals surface area (Å²) in [5, 5.41) is 7.96. The van der Waals surface area contributed by atoms with Crippen molar-refractivity contribution in [3.63, 3.8) is 0 Å². The van der Waals surface area contributed by atoms with Gasteiger partial charge in [0.1, 0.15) is 11.4 Å². The molecule has 0 aliphatic carbocycles. The lowest BCUT2D eigenvalue weighted by Crippen LogP contribution is -2.42. The molecule has 25 heavy (non-hydrogen) atoms. The zero-order valence-corrected chi connectivity index (χ0v) is 16.5. The van der Waals surface area contributed by atoms with E-state index < -0.39 is 0 Å². The van der Waals surface area contributed by atoms with Gasteiger partial charge in [0.05, 0.1) is 6.04 Å². The van der Waals surface area contributed by atoms with E-state index in [9.17, 15) is 0 Å². The predicted molar refractivity (Wildman–Crippen MR) is 109 cm³/mol. The summed E-state index contributed by atoms with van der Waals surface area (Å²) in [5.41, 5.74) is 4.02. The molecule has 0 amide bonds. The van der Waals surface area contributed by atoms with E-state index in [2.05, 4.69) is 43.5 Å². The summed E-state index contributed by atoms with van der Waals surface area (Å²) in [6.45, 7) is 8.26. The summed E-state index contributed by atoms with van der Waals surface area (Å²) >= 11 is 11.7. The zero-order valence-electron chi connectivity index (χ0n) is 14.9. The van der Waals surface area contributed by atoms with Gasteiger partial charge in [-0.15, -0.1) is 0 Å². The summed E-state index contributed by atoms with van der Waals surface area (Å²) in [6.07, 6.45) is 0.833. The van der Waals surface area contributed by atoms with Crippen molar-refractivity contribution in [2.24, 2.45) is 0 Å². The molecule has 132 valence electrons. The van der Waals surface area contributed by atoms with Gasteiger partial charge in [-0.25, -0.2) is 0 Å². The Morgan fingerprint density at radius 2 is 1.96 bits per heavy atom. The van der Waals surface area contributed by atoms with E-state index in [0.717, 1.165) is 34.0 Å². The Morgan fingerprint density at radius 1 is 1.20 bits per heavy atom. The quantitative estimate of drug-likeness (QED) is 0.675. The van der Waals surface area contributed by atoms with Gasteiger partial charge in [-0.1, -0.05) is 35.4 Å². The third kappa shape index (κ3) is 4.25. The van der Waals surface area contributed by atoms with Crippen molar-refractivity contribution in [3.8, 4) is 5.75 Å². The molecule has 0 saturated carbocycles. The van der Waals surface area contributed by atoms with E-state index in [1.54, 1.807) is 0 Å². The maximum atomic E-state index is 6.19. The van der Waals surface area contributed by atoms with Gasteiger partial charge in [0.15, 0.2) is 5.11 Å². The number of halogens is 1. The number of thiocarbonyl (C=S) groups is 1. The van der Waals surface area contributed by atoms with Crippen molar-refractivity contribution >= 4 is 34.6 Å². The standard InChI is InChI=1S/C20H23ClN2OS/c1-12-5-8-18-15(9-12)17(11-20(3,4)24-18)23-19(25)22-14-7-6-13(2)16(21)10-14/h5-10,17H,11H2,1-4H3,(H2,22,23,25)/t17-/m1/s1. The molecule has 0 unspecified atom stereocenters. The minimum atomic E-state index is -0.247. The third-order valence-electron chi connectivity index (χ3n) is 4.36. The van der Waals surface area contributed by atoms with Crippen molar-refractivity contribution < 1.29 is 4.74 Å². The highest BCUT2D eigenvalue weighted by Crippen LogP contribution is 2.39. The molecular formula is C20H23ClN2OS. The van der Waals surface area contributed by atoms with E-state index in [1.807, 2.05) is 31.2 Å². The van der Waals surface area contributed by atoms with Gasteiger partial charge in [0.2, 0.25) is 0 Å². The van der Waals surface area contributed by atoms with Crippen LogP contribution in [0.3, 0.4) is 0 Å². The first kappa shape index (κ1) is 18.0. The van der Waals surface area contributed by atoms with Gasteiger partial charge in [0, 0.05) is 22.7 Å². The van der Waals surface area contributed by atoms with Crippen molar-refractivity contribution in [1.82, 2.24) is 5.32 Å². The Bertz CT molecular complexity index is 819. The van der Waals surface area contributed by atoms with E-state index in [0.29, 0.717) is 5.11 Å². The fraction of sp³-hybridized carbons (Fsp3) is 0.350. The molecule has 0 spiro atoms.